The van der Waals surface area contributed by atoms with Crippen LogP contribution < -0.4 is 4.90 Å². The van der Waals surface area contributed by atoms with E-state index >= 15 is 0 Å². The molecule has 0 saturated heterocycles. The Morgan fingerprint density at radius 1 is 0.815 bits per heavy atom. The Labute approximate surface area is 154 Å². The van der Waals surface area contributed by atoms with E-state index < -0.39 is 17.7 Å². The Balaban J connectivity index is 1.71. The van der Waals surface area contributed by atoms with Crippen molar-refractivity contribution in [3.05, 3.63) is 101 Å². The molecule has 3 aromatic carbocycles. The second kappa shape index (κ2) is 6.58. The largest absolute Gasteiger partial charge is 0.416 e. The number of benzene rings is 3. The molecule has 0 aliphatic carbocycles. The molecule has 1 atom stereocenters. The van der Waals surface area contributed by atoms with Crippen molar-refractivity contribution in [2.45, 2.75) is 18.6 Å². The molecule has 0 N–H and O–H groups in total. The Kier molecular flexibility index (Phi) is 4.22. The summed E-state index contributed by atoms with van der Waals surface area (Å²) in [6, 6.07) is 21.9. The van der Waals surface area contributed by atoms with Crippen molar-refractivity contribution in [1.82, 2.24) is 0 Å². The summed E-state index contributed by atoms with van der Waals surface area (Å²) in [6.45, 7) is 0.424. The first kappa shape index (κ1) is 17.3. The molecule has 0 aromatic heterocycles. The molecule has 1 aliphatic rings. The van der Waals surface area contributed by atoms with Crippen LogP contribution in [-0.4, -0.2) is 5.91 Å². The minimum atomic E-state index is -4.39. The maximum absolute atomic E-state index is 13.2. The summed E-state index contributed by atoms with van der Waals surface area (Å²) in [5, 5.41) is 0. The first-order valence-corrected chi connectivity index (χ1v) is 8.56. The van der Waals surface area contributed by atoms with Gasteiger partial charge < -0.3 is 4.90 Å². The van der Waals surface area contributed by atoms with Gasteiger partial charge in [-0.25, -0.2) is 0 Å². The molecule has 0 radical (unpaired) electrons. The number of rotatable bonds is 3. The van der Waals surface area contributed by atoms with Crippen LogP contribution in [0.3, 0.4) is 0 Å². The average molecular weight is 367 g/mol. The van der Waals surface area contributed by atoms with E-state index in [2.05, 4.69) is 0 Å². The predicted molar refractivity (Wildman–Crippen MR) is 97.4 cm³/mol. The Bertz CT molecular complexity index is 965. The fourth-order valence-corrected chi connectivity index (χ4v) is 3.50. The highest BCUT2D eigenvalue weighted by atomic mass is 19.4. The van der Waals surface area contributed by atoms with Crippen molar-refractivity contribution >= 4 is 11.6 Å². The van der Waals surface area contributed by atoms with Gasteiger partial charge in [-0.3, -0.25) is 4.79 Å². The maximum Gasteiger partial charge on any atom is 0.416 e. The fraction of sp³-hybridized carbons (Fsp3) is 0.136. The van der Waals surface area contributed by atoms with Crippen molar-refractivity contribution in [2.24, 2.45) is 0 Å². The van der Waals surface area contributed by atoms with E-state index in [9.17, 15) is 18.0 Å². The van der Waals surface area contributed by atoms with E-state index in [0.717, 1.165) is 28.9 Å². The molecule has 5 heteroatoms. The van der Waals surface area contributed by atoms with Gasteiger partial charge >= 0.3 is 6.18 Å². The topological polar surface area (TPSA) is 20.3 Å². The number of fused-ring (bicyclic) bond motifs is 1. The van der Waals surface area contributed by atoms with Crippen LogP contribution in [0.5, 0.6) is 0 Å². The Hall–Kier alpha value is -3.08. The molecule has 1 unspecified atom stereocenters. The molecule has 0 fully saturated rings. The number of halogens is 3. The first-order chi connectivity index (χ1) is 12.9. The average Bonchev–Trinajstić information content (AvgIpc) is 2.94. The number of carbonyl (C=O) groups excluding carboxylic acids is 1. The van der Waals surface area contributed by atoms with Crippen molar-refractivity contribution in [1.29, 1.82) is 0 Å². The second-order valence-corrected chi connectivity index (χ2v) is 6.52. The summed E-state index contributed by atoms with van der Waals surface area (Å²) >= 11 is 0. The van der Waals surface area contributed by atoms with Gasteiger partial charge in [0.2, 0.25) is 5.91 Å². The van der Waals surface area contributed by atoms with Crippen molar-refractivity contribution in [3.8, 4) is 0 Å². The molecule has 0 saturated carbocycles. The molecule has 4 rings (SSSR count). The van der Waals surface area contributed by atoms with Gasteiger partial charge in [0.05, 0.1) is 18.0 Å². The number of carbonyl (C=O) groups is 1. The quantitative estimate of drug-likeness (QED) is 0.608. The summed E-state index contributed by atoms with van der Waals surface area (Å²) in [4.78, 5) is 14.9. The lowest BCUT2D eigenvalue weighted by Gasteiger charge is -2.18. The van der Waals surface area contributed by atoms with Gasteiger partial charge in [-0.2, -0.15) is 13.2 Å². The lowest BCUT2D eigenvalue weighted by Crippen LogP contribution is -2.28. The third-order valence-corrected chi connectivity index (χ3v) is 4.81. The van der Waals surface area contributed by atoms with Crippen LogP contribution in [0, 0.1) is 0 Å². The van der Waals surface area contributed by atoms with Gasteiger partial charge in [0.1, 0.15) is 0 Å². The van der Waals surface area contributed by atoms with Crippen LogP contribution >= 0.6 is 0 Å². The molecule has 0 bridgehead atoms. The van der Waals surface area contributed by atoms with Crippen LogP contribution in [-0.2, 0) is 17.5 Å². The van der Waals surface area contributed by atoms with Gasteiger partial charge in [0.25, 0.3) is 0 Å². The van der Waals surface area contributed by atoms with Crippen LogP contribution in [0.15, 0.2) is 78.9 Å². The summed E-state index contributed by atoms with van der Waals surface area (Å²) in [6.07, 6.45) is -4.39. The number of amides is 1. The summed E-state index contributed by atoms with van der Waals surface area (Å²) in [7, 11) is 0. The zero-order valence-electron chi connectivity index (χ0n) is 14.3. The molecule has 0 spiro atoms. The van der Waals surface area contributed by atoms with Crippen LogP contribution in [0.25, 0.3) is 0 Å². The number of nitrogens with zero attached hydrogens (tertiary/aromatic N) is 1. The zero-order chi connectivity index (χ0) is 19.0. The molecular formula is C22H16F3NO. The standard InChI is InChI=1S/C22H16F3NO/c23-22(24,25)17-12-10-16(11-13-17)20-18-8-4-5-9-19(18)26(21(20)27)14-15-6-2-1-3-7-15/h1-13,20H,14H2. The summed E-state index contributed by atoms with van der Waals surface area (Å²) in [5.74, 6) is -0.716. The highest BCUT2D eigenvalue weighted by molar-refractivity contribution is 6.06. The van der Waals surface area contributed by atoms with Gasteiger partial charge in [-0.15, -0.1) is 0 Å². The van der Waals surface area contributed by atoms with Gasteiger partial charge in [0.15, 0.2) is 0 Å². The molecule has 1 aliphatic heterocycles. The van der Waals surface area contributed by atoms with Gasteiger partial charge in [-0.05, 0) is 34.9 Å². The monoisotopic (exact) mass is 367 g/mol. The molecule has 27 heavy (non-hydrogen) atoms. The fourth-order valence-electron chi connectivity index (χ4n) is 3.50. The molecule has 136 valence electrons. The molecule has 2 nitrogen and oxygen atoms in total. The lowest BCUT2D eigenvalue weighted by molar-refractivity contribution is -0.137. The number of hydrogen-bond acceptors (Lipinski definition) is 1. The second-order valence-electron chi connectivity index (χ2n) is 6.52. The number of hydrogen-bond donors (Lipinski definition) is 0. The van der Waals surface area contributed by atoms with Crippen LogP contribution in [0.1, 0.15) is 28.2 Å². The van der Waals surface area contributed by atoms with E-state index in [-0.39, 0.29) is 5.91 Å². The summed E-state index contributed by atoms with van der Waals surface area (Å²) in [5.41, 5.74) is 2.46. The molecule has 3 aromatic rings. The van der Waals surface area contributed by atoms with Crippen molar-refractivity contribution in [2.75, 3.05) is 4.90 Å². The number of anilines is 1. The minimum Gasteiger partial charge on any atom is -0.307 e. The normalized spacial score (nSPS) is 16.5. The third-order valence-electron chi connectivity index (χ3n) is 4.81. The number of alkyl halides is 3. The minimum absolute atomic E-state index is 0.125. The van der Waals surface area contributed by atoms with Crippen LogP contribution in [0.4, 0.5) is 18.9 Å². The molecular weight excluding hydrogens is 351 g/mol. The Morgan fingerprint density at radius 2 is 1.44 bits per heavy atom. The first-order valence-electron chi connectivity index (χ1n) is 8.56. The van der Waals surface area contributed by atoms with E-state index in [1.807, 2.05) is 54.6 Å². The highest BCUT2D eigenvalue weighted by Gasteiger charge is 2.38. The predicted octanol–water partition coefficient (Wildman–Crippen LogP) is 5.38. The molecule has 1 heterocycles. The van der Waals surface area contributed by atoms with E-state index in [4.69, 9.17) is 0 Å². The summed E-state index contributed by atoms with van der Waals surface area (Å²) < 4.78 is 38.5. The molecule has 1 amide bonds. The van der Waals surface area contributed by atoms with Crippen molar-refractivity contribution in [3.63, 3.8) is 0 Å². The van der Waals surface area contributed by atoms with E-state index in [0.29, 0.717) is 12.1 Å². The van der Waals surface area contributed by atoms with Crippen LogP contribution in [0.2, 0.25) is 0 Å². The van der Waals surface area contributed by atoms with E-state index in [1.165, 1.54) is 12.1 Å². The highest BCUT2D eigenvalue weighted by Crippen LogP contribution is 2.42. The zero-order valence-corrected chi connectivity index (χ0v) is 14.3. The van der Waals surface area contributed by atoms with Crippen molar-refractivity contribution < 1.29 is 18.0 Å². The van der Waals surface area contributed by atoms with Gasteiger partial charge in [-0.1, -0.05) is 60.7 Å². The smallest absolute Gasteiger partial charge is 0.307 e. The maximum atomic E-state index is 13.2. The Morgan fingerprint density at radius 3 is 2.11 bits per heavy atom. The van der Waals surface area contributed by atoms with Gasteiger partial charge in [0, 0.05) is 5.69 Å². The third kappa shape index (κ3) is 3.21. The lowest BCUT2D eigenvalue weighted by atomic mass is 9.92. The SMILES string of the molecule is O=C1C(c2ccc(C(F)(F)F)cc2)c2ccccc2N1Cc1ccccc1. The number of para-hydroxylation sites is 1. The van der Waals surface area contributed by atoms with E-state index in [1.54, 1.807) is 4.90 Å².